The van der Waals surface area contributed by atoms with Crippen LogP contribution in [0.2, 0.25) is 5.02 Å². The van der Waals surface area contributed by atoms with E-state index >= 15 is 0 Å². The van der Waals surface area contributed by atoms with E-state index < -0.39 is 12.0 Å². The zero-order chi connectivity index (χ0) is 11.6. The Bertz CT molecular complexity index is 390. The summed E-state index contributed by atoms with van der Waals surface area (Å²) in [4.78, 5) is 10.6. The van der Waals surface area contributed by atoms with Crippen molar-refractivity contribution in [2.45, 2.75) is 26.3 Å². The van der Waals surface area contributed by atoms with Crippen molar-refractivity contribution >= 4 is 17.6 Å². The molecule has 0 bridgehead atoms. The monoisotopic (exact) mass is 227 g/mol. The van der Waals surface area contributed by atoms with Crippen LogP contribution < -0.4 is 5.73 Å². The van der Waals surface area contributed by atoms with Crippen LogP contribution in [0.5, 0.6) is 0 Å². The SMILES string of the molecule is Cc1ccc(Cl)c(C(N)CC(=O)O)c1C. The van der Waals surface area contributed by atoms with E-state index in [1.807, 2.05) is 19.9 Å². The lowest BCUT2D eigenvalue weighted by atomic mass is 9.96. The molecule has 82 valence electrons. The molecule has 3 N–H and O–H groups in total. The molecule has 0 aliphatic carbocycles. The number of aryl methyl sites for hydroxylation is 1. The molecule has 0 spiro atoms. The van der Waals surface area contributed by atoms with Gasteiger partial charge >= 0.3 is 5.97 Å². The molecule has 0 fully saturated rings. The smallest absolute Gasteiger partial charge is 0.305 e. The molecule has 0 aromatic heterocycles. The average molecular weight is 228 g/mol. The molecule has 1 aromatic carbocycles. The van der Waals surface area contributed by atoms with Crippen LogP contribution in [-0.4, -0.2) is 11.1 Å². The Kier molecular flexibility index (Phi) is 3.72. The Morgan fingerprint density at radius 1 is 1.53 bits per heavy atom. The summed E-state index contributed by atoms with van der Waals surface area (Å²) in [5.41, 5.74) is 8.57. The number of hydrogen-bond donors (Lipinski definition) is 2. The Hall–Kier alpha value is -1.06. The first-order valence-electron chi connectivity index (χ1n) is 4.66. The number of halogens is 1. The minimum atomic E-state index is -0.917. The van der Waals surface area contributed by atoms with Gasteiger partial charge in [-0.25, -0.2) is 0 Å². The van der Waals surface area contributed by atoms with Gasteiger partial charge in [0, 0.05) is 11.1 Å². The van der Waals surface area contributed by atoms with E-state index in [4.69, 9.17) is 22.4 Å². The number of rotatable bonds is 3. The van der Waals surface area contributed by atoms with E-state index in [-0.39, 0.29) is 6.42 Å². The largest absolute Gasteiger partial charge is 0.481 e. The third-order valence-corrected chi connectivity index (χ3v) is 2.83. The van der Waals surface area contributed by atoms with Crippen LogP contribution in [0, 0.1) is 13.8 Å². The van der Waals surface area contributed by atoms with Crippen LogP contribution in [0.4, 0.5) is 0 Å². The van der Waals surface area contributed by atoms with Crippen LogP contribution in [-0.2, 0) is 4.79 Å². The Balaban J connectivity index is 3.12. The van der Waals surface area contributed by atoms with Gasteiger partial charge in [0.1, 0.15) is 0 Å². The normalized spacial score (nSPS) is 12.5. The summed E-state index contributed by atoms with van der Waals surface area (Å²) >= 11 is 6.01. The number of carboxylic acids is 1. The summed E-state index contributed by atoms with van der Waals surface area (Å²) < 4.78 is 0. The first-order valence-corrected chi connectivity index (χ1v) is 5.04. The molecular formula is C11H14ClNO2. The standard InChI is InChI=1S/C11H14ClNO2/c1-6-3-4-8(12)11(7(6)2)9(13)5-10(14)15/h3-4,9H,5,13H2,1-2H3,(H,14,15). The number of carboxylic acid groups (broad SMARTS) is 1. The van der Waals surface area contributed by atoms with Crippen LogP contribution in [0.15, 0.2) is 12.1 Å². The second-order valence-electron chi connectivity index (χ2n) is 3.61. The molecule has 15 heavy (non-hydrogen) atoms. The Morgan fingerprint density at radius 2 is 2.13 bits per heavy atom. The highest BCUT2D eigenvalue weighted by Gasteiger charge is 2.16. The van der Waals surface area contributed by atoms with Crippen molar-refractivity contribution in [3.8, 4) is 0 Å². The van der Waals surface area contributed by atoms with Crippen LogP contribution >= 0.6 is 11.6 Å². The maximum absolute atomic E-state index is 10.6. The van der Waals surface area contributed by atoms with Crippen LogP contribution in [0.25, 0.3) is 0 Å². The number of hydrogen-bond acceptors (Lipinski definition) is 2. The van der Waals surface area contributed by atoms with Crippen molar-refractivity contribution in [2.75, 3.05) is 0 Å². The molecule has 0 saturated carbocycles. The van der Waals surface area contributed by atoms with Gasteiger partial charge in [0.2, 0.25) is 0 Å². The van der Waals surface area contributed by atoms with Gasteiger partial charge < -0.3 is 10.8 Å². The first kappa shape index (κ1) is 12.0. The minimum Gasteiger partial charge on any atom is -0.481 e. The molecular weight excluding hydrogens is 214 g/mol. The minimum absolute atomic E-state index is 0.107. The molecule has 1 aromatic rings. The molecule has 1 unspecified atom stereocenters. The van der Waals surface area contributed by atoms with E-state index in [9.17, 15) is 4.79 Å². The van der Waals surface area contributed by atoms with Crippen molar-refractivity contribution in [1.29, 1.82) is 0 Å². The average Bonchev–Trinajstić information content (AvgIpc) is 2.11. The number of aliphatic carboxylic acids is 1. The lowest BCUT2D eigenvalue weighted by molar-refractivity contribution is -0.137. The predicted molar refractivity (Wildman–Crippen MR) is 60.1 cm³/mol. The van der Waals surface area contributed by atoms with Gasteiger partial charge in [-0.05, 0) is 36.6 Å². The van der Waals surface area contributed by atoms with Crippen molar-refractivity contribution in [3.63, 3.8) is 0 Å². The summed E-state index contributed by atoms with van der Waals surface area (Å²) in [6.45, 7) is 3.85. The summed E-state index contributed by atoms with van der Waals surface area (Å²) in [6, 6.07) is 3.10. The highest BCUT2D eigenvalue weighted by Crippen LogP contribution is 2.28. The molecule has 1 atom stereocenters. The number of nitrogens with two attached hydrogens (primary N) is 1. The molecule has 0 heterocycles. The van der Waals surface area contributed by atoms with Gasteiger partial charge in [-0.15, -0.1) is 0 Å². The van der Waals surface area contributed by atoms with E-state index in [0.29, 0.717) is 5.02 Å². The van der Waals surface area contributed by atoms with E-state index in [2.05, 4.69) is 0 Å². The summed E-state index contributed by atoms with van der Waals surface area (Å²) in [7, 11) is 0. The predicted octanol–water partition coefficient (Wildman–Crippen LogP) is 2.43. The Labute approximate surface area is 93.9 Å². The zero-order valence-corrected chi connectivity index (χ0v) is 9.51. The van der Waals surface area contributed by atoms with Crippen molar-refractivity contribution in [1.82, 2.24) is 0 Å². The number of benzene rings is 1. The highest BCUT2D eigenvalue weighted by atomic mass is 35.5. The van der Waals surface area contributed by atoms with Gasteiger partial charge in [0.15, 0.2) is 0 Å². The van der Waals surface area contributed by atoms with Crippen LogP contribution in [0.1, 0.15) is 29.2 Å². The quantitative estimate of drug-likeness (QED) is 0.834. The fraction of sp³-hybridized carbons (Fsp3) is 0.364. The molecule has 0 saturated heterocycles. The third-order valence-electron chi connectivity index (χ3n) is 2.50. The maximum atomic E-state index is 10.6. The van der Waals surface area contributed by atoms with Gasteiger partial charge in [-0.1, -0.05) is 17.7 Å². The Morgan fingerprint density at radius 3 is 2.67 bits per heavy atom. The van der Waals surface area contributed by atoms with E-state index in [1.54, 1.807) is 6.07 Å². The summed E-state index contributed by atoms with van der Waals surface area (Å²) in [5, 5.41) is 9.21. The maximum Gasteiger partial charge on any atom is 0.305 e. The first-order chi connectivity index (χ1) is 6.93. The van der Waals surface area contributed by atoms with E-state index in [1.165, 1.54) is 0 Å². The fourth-order valence-corrected chi connectivity index (χ4v) is 1.89. The van der Waals surface area contributed by atoms with Crippen molar-refractivity contribution in [3.05, 3.63) is 33.8 Å². The fourth-order valence-electron chi connectivity index (χ4n) is 1.55. The molecule has 0 amide bonds. The molecule has 0 radical (unpaired) electrons. The van der Waals surface area contributed by atoms with Gasteiger partial charge in [0.25, 0.3) is 0 Å². The highest BCUT2D eigenvalue weighted by molar-refractivity contribution is 6.31. The number of carbonyl (C=O) groups is 1. The summed E-state index contributed by atoms with van der Waals surface area (Å²) in [5.74, 6) is -0.917. The third kappa shape index (κ3) is 2.70. The second-order valence-corrected chi connectivity index (χ2v) is 4.01. The second kappa shape index (κ2) is 4.64. The van der Waals surface area contributed by atoms with E-state index in [0.717, 1.165) is 16.7 Å². The lowest BCUT2D eigenvalue weighted by Gasteiger charge is -2.16. The molecule has 3 nitrogen and oxygen atoms in total. The topological polar surface area (TPSA) is 63.3 Å². The van der Waals surface area contributed by atoms with Gasteiger partial charge in [0.05, 0.1) is 6.42 Å². The van der Waals surface area contributed by atoms with Crippen molar-refractivity contribution in [2.24, 2.45) is 5.73 Å². The van der Waals surface area contributed by atoms with Crippen molar-refractivity contribution < 1.29 is 9.90 Å². The molecule has 4 heteroatoms. The molecule has 0 aliphatic heterocycles. The van der Waals surface area contributed by atoms with Crippen LogP contribution in [0.3, 0.4) is 0 Å². The molecule has 1 rings (SSSR count). The zero-order valence-electron chi connectivity index (χ0n) is 8.75. The summed E-state index contributed by atoms with van der Waals surface area (Å²) in [6.07, 6.45) is -0.107. The van der Waals surface area contributed by atoms with Gasteiger partial charge in [-0.3, -0.25) is 4.79 Å². The molecule has 0 aliphatic rings. The van der Waals surface area contributed by atoms with Gasteiger partial charge in [-0.2, -0.15) is 0 Å². The lowest BCUT2D eigenvalue weighted by Crippen LogP contribution is -2.17.